The standard InChI is InChI=1S/C18H18FN5O2/c1-11-20-10-14(21-11)18(25)24-9-5-4-8-15(24)17-23-22-16(26-17)12-6-2-3-7-13(12)19/h2-3,6-7,10,15H,4-5,8-9H2,1H3,(H,20,21)/t15-/m1/s1. The summed E-state index contributed by atoms with van der Waals surface area (Å²) in [7, 11) is 0. The van der Waals surface area contributed by atoms with Crippen LogP contribution in [0.5, 0.6) is 0 Å². The average Bonchev–Trinajstić information content (AvgIpc) is 3.31. The van der Waals surface area contributed by atoms with Crippen LogP contribution in [0, 0.1) is 12.7 Å². The fourth-order valence-corrected chi connectivity index (χ4v) is 3.23. The van der Waals surface area contributed by atoms with Crippen molar-refractivity contribution in [1.29, 1.82) is 0 Å². The first-order valence-electron chi connectivity index (χ1n) is 8.54. The van der Waals surface area contributed by atoms with E-state index < -0.39 is 5.82 Å². The van der Waals surface area contributed by atoms with Crippen LogP contribution in [-0.2, 0) is 0 Å². The molecule has 0 saturated carbocycles. The van der Waals surface area contributed by atoms with Gasteiger partial charge in [0.2, 0.25) is 5.89 Å². The maximum atomic E-state index is 14.0. The van der Waals surface area contributed by atoms with Gasteiger partial charge in [-0.05, 0) is 38.3 Å². The van der Waals surface area contributed by atoms with Crippen molar-refractivity contribution in [2.45, 2.75) is 32.2 Å². The molecule has 1 aromatic carbocycles. The minimum atomic E-state index is -0.424. The number of aromatic nitrogens is 4. The van der Waals surface area contributed by atoms with Crippen molar-refractivity contribution in [2.75, 3.05) is 6.54 Å². The number of rotatable bonds is 3. The minimum Gasteiger partial charge on any atom is -0.418 e. The summed E-state index contributed by atoms with van der Waals surface area (Å²) < 4.78 is 19.7. The van der Waals surface area contributed by atoms with E-state index >= 15 is 0 Å². The molecule has 0 aliphatic carbocycles. The summed E-state index contributed by atoms with van der Waals surface area (Å²) >= 11 is 0. The Kier molecular flexibility index (Phi) is 4.24. The summed E-state index contributed by atoms with van der Waals surface area (Å²) in [5.74, 6) is 0.552. The van der Waals surface area contributed by atoms with Crippen LogP contribution in [0.3, 0.4) is 0 Å². The number of benzene rings is 1. The van der Waals surface area contributed by atoms with Gasteiger partial charge in [0.25, 0.3) is 11.8 Å². The highest BCUT2D eigenvalue weighted by Gasteiger charge is 2.33. The van der Waals surface area contributed by atoms with Gasteiger partial charge in [-0.25, -0.2) is 9.37 Å². The monoisotopic (exact) mass is 355 g/mol. The van der Waals surface area contributed by atoms with Crippen LogP contribution >= 0.6 is 0 Å². The zero-order chi connectivity index (χ0) is 18.1. The molecule has 26 heavy (non-hydrogen) atoms. The Hall–Kier alpha value is -3.03. The van der Waals surface area contributed by atoms with Crippen LogP contribution in [-0.4, -0.2) is 37.5 Å². The molecule has 0 radical (unpaired) electrons. The molecule has 3 heterocycles. The molecule has 7 nitrogen and oxygen atoms in total. The van der Waals surface area contributed by atoms with Crippen LogP contribution in [0.4, 0.5) is 4.39 Å². The van der Waals surface area contributed by atoms with Gasteiger partial charge in [-0.2, -0.15) is 0 Å². The van der Waals surface area contributed by atoms with Crippen molar-refractivity contribution in [1.82, 2.24) is 25.1 Å². The summed E-state index contributed by atoms with van der Waals surface area (Å²) in [5, 5.41) is 8.06. The van der Waals surface area contributed by atoms with Gasteiger partial charge in [-0.3, -0.25) is 4.79 Å². The number of hydrogen-bond acceptors (Lipinski definition) is 5. The van der Waals surface area contributed by atoms with Crippen molar-refractivity contribution < 1.29 is 13.6 Å². The Morgan fingerprint density at radius 2 is 2.15 bits per heavy atom. The second-order valence-corrected chi connectivity index (χ2v) is 6.32. The van der Waals surface area contributed by atoms with E-state index in [0.717, 1.165) is 19.3 Å². The zero-order valence-corrected chi connectivity index (χ0v) is 14.3. The lowest BCUT2D eigenvalue weighted by molar-refractivity contribution is 0.0567. The fourth-order valence-electron chi connectivity index (χ4n) is 3.23. The number of nitrogens with zero attached hydrogens (tertiary/aromatic N) is 4. The minimum absolute atomic E-state index is 0.119. The summed E-state index contributed by atoms with van der Waals surface area (Å²) in [6.45, 7) is 2.39. The molecule has 134 valence electrons. The quantitative estimate of drug-likeness (QED) is 0.779. The first-order chi connectivity index (χ1) is 12.6. The normalized spacial score (nSPS) is 17.5. The number of halogens is 1. The van der Waals surface area contributed by atoms with Gasteiger partial charge < -0.3 is 14.3 Å². The molecular formula is C18H18FN5O2. The predicted octanol–water partition coefficient (Wildman–Crippen LogP) is 3.27. The van der Waals surface area contributed by atoms with Gasteiger partial charge in [0.05, 0.1) is 11.8 Å². The van der Waals surface area contributed by atoms with Gasteiger partial charge in [0, 0.05) is 6.54 Å². The Morgan fingerprint density at radius 1 is 1.31 bits per heavy atom. The maximum Gasteiger partial charge on any atom is 0.272 e. The number of piperidine rings is 1. The highest BCUT2D eigenvalue weighted by Crippen LogP contribution is 2.33. The Bertz CT molecular complexity index is 935. The SMILES string of the molecule is Cc1ncc(C(=O)N2CCCC[C@@H]2c2nnc(-c3ccccc3F)o2)[nH]1. The number of carbonyl (C=O) groups excluding carboxylic acids is 1. The lowest BCUT2D eigenvalue weighted by Crippen LogP contribution is -2.38. The zero-order valence-electron chi connectivity index (χ0n) is 14.3. The number of likely N-dealkylation sites (tertiary alicyclic amines) is 1. The molecule has 1 amide bonds. The van der Waals surface area contributed by atoms with E-state index in [9.17, 15) is 9.18 Å². The highest BCUT2D eigenvalue weighted by atomic mass is 19.1. The molecular weight excluding hydrogens is 337 g/mol. The first kappa shape index (κ1) is 16.4. The molecule has 4 rings (SSSR count). The lowest BCUT2D eigenvalue weighted by atomic mass is 10.0. The van der Waals surface area contributed by atoms with Crippen molar-refractivity contribution in [3.05, 3.63) is 53.7 Å². The highest BCUT2D eigenvalue weighted by molar-refractivity contribution is 5.92. The molecule has 1 aliphatic heterocycles. The third kappa shape index (κ3) is 2.98. The van der Waals surface area contributed by atoms with E-state index in [4.69, 9.17) is 4.42 Å². The van der Waals surface area contributed by atoms with Crippen LogP contribution in [0.15, 0.2) is 34.9 Å². The molecule has 1 N–H and O–H groups in total. The van der Waals surface area contributed by atoms with Crippen LogP contribution in [0.1, 0.15) is 47.5 Å². The van der Waals surface area contributed by atoms with Gasteiger partial charge in [-0.15, -0.1) is 10.2 Å². The number of H-pyrrole nitrogens is 1. The van der Waals surface area contributed by atoms with Gasteiger partial charge in [0.1, 0.15) is 23.4 Å². The second kappa shape index (κ2) is 6.70. The average molecular weight is 355 g/mol. The largest absolute Gasteiger partial charge is 0.418 e. The Labute approximate surface area is 149 Å². The molecule has 0 spiro atoms. The van der Waals surface area contributed by atoms with E-state index in [2.05, 4.69) is 20.2 Å². The Balaban J connectivity index is 1.63. The van der Waals surface area contributed by atoms with E-state index in [1.165, 1.54) is 12.3 Å². The molecule has 1 aliphatic rings. The van der Waals surface area contributed by atoms with Crippen molar-refractivity contribution >= 4 is 5.91 Å². The predicted molar refractivity (Wildman–Crippen MR) is 90.6 cm³/mol. The third-order valence-electron chi connectivity index (χ3n) is 4.53. The number of imidazole rings is 1. The van der Waals surface area contributed by atoms with E-state index in [-0.39, 0.29) is 23.4 Å². The molecule has 8 heteroatoms. The number of carbonyl (C=O) groups is 1. The number of hydrogen-bond donors (Lipinski definition) is 1. The van der Waals surface area contributed by atoms with Crippen LogP contribution < -0.4 is 0 Å². The van der Waals surface area contributed by atoms with Crippen molar-refractivity contribution in [2.24, 2.45) is 0 Å². The molecule has 3 aromatic rings. The lowest BCUT2D eigenvalue weighted by Gasteiger charge is -2.33. The van der Waals surface area contributed by atoms with Crippen LogP contribution in [0.2, 0.25) is 0 Å². The summed E-state index contributed by atoms with van der Waals surface area (Å²) in [5.41, 5.74) is 0.687. The van der Waals surface area contributed by atoms with Crippen LogP contribution in [0.25, 0.3) is 11.5 Å². The van der Waals surface area contributed by atoms with Gasteiger partial charge >= 0.3 is 0 Å². The summed E-state index contributed by atoms with van der Waals surface area (Å²) in [6, 6.07) is 5.91. The number of amides is 1. The third-order valence-corrected chi connectivity index (χ3v) is 4.53. The number of aryl methyl sites for hydroxylation is 1. The summed E-state index contributed by atoms with van der Waals surface area (Å²) in [4.78, 5) is 21.6. The Morgan fingerprint density at radius 3 is 2.92 bits per heavy atom. The number of nitrogens with one attached hydrogen (secondary N) is 1. The summed E-state index contributed by atoms with van der Waals surface area (Å²) in [6.07, 6.45) is 4.11. The topological polar surface area (TPSA) is 87.9 Å². The maximum absolute atomic E-state index is 14.0. The molecule has 1 fully saturated rings. The van der Waals surface area contributed by atoms with E-state index in [1.54, 1.807) is 30.0 Å². The molecule has 2 aromatic heterocycles. The smallest absolute Gasteiger partial charge is 0.272 e. The number of aromatic amines is 1. The molecule has 1 atom stereocenters. The van der Waals surface area contributed by atoms with E-state index in [1.807, 2.05) is 0 Å². The molecule has 0 bridgehead atoms. The van der Waals surface area contributed by atoms with Crippen molar-refractivity contribution in [3.63, 3.8) is 0 Å². The first-order valence-corrected chi connectivity index (χ1v) is 8.54. The molecule has 0 unspecified atom stereocenters. The van der Waals surface area contributed by atoms with Crippen molar-refractivity contribution in [3.8, 4) is 11.5 Å². The van der Waals surface area contributed by atoms with E-state index in [0.29, 0.717) is 24.0 Å². The van der Waals surface area contributed by atoms with Gasteiger partial charge in [-0.1, -0.05) is 12.1 Å². The molecule has 1 saturated heterocycles. The fraction of sp³-hybridized carbons (Fsp3) is 0.333. The second-order valence-electron chi connectivity index (χ2n) is 6.32. The van der Waals surface area contributed by atoms with Gasteiger partial charge in [0.15, 0.2) is 0 Å².